The SMILES string of the molecule is C[C@@H](NC(C)(C)CNC(=O)CC(F)(F)F)c1ccccc1. The van der Waals surface area contributed by atoms with Gasteiger partial charge in [-0.05, 0) is 26.3 Å². The topological polar surface area (TPSA) is 41.1 Å². The lowest BCUT2D eigenvalue weighted by atomic mass is 10.0. The molecule has 0 saturated carbocycles. The molecule has 1 aromatic carbocycles. The van der Waals surface area contributed by atoms with E-state index in [0.717, 1.165) is 5.56 Å². The van der Waals surface area contributed by atoms with Gasteiger partial charge in [0.25, 0.3) is 0 Å². The zero-order chi connectivity index (χ0) is 16.1. The highest BCUT2D eigenvalue weighted by Crippen LogP contribution is 2.19. The van der Waals surface area contributed by atoms with Crippen molar-refractivity contribution in [2.24, 2.45) is 0 Å². The smallest absolute Gasteiger partial charge is 0.354 e. The van der Waals surface area contributed by atoms with E-state index in [1.807, 2.05) is 51.1 Å². The first kappa shape index (κ1) is 17.5. The van der Waals surface area contributed by atoms with Gasteiger partial charge in [0.15, 0.2) is 0 Å². The van der Waals surface area contributed by atoms with E-state index in [2.05, 4.69) is 10.6 Å². The number of hydrogen-bond donors (Lipinski definition) is 2. The van der Waals surface area contributed by atoms with E-state index in [9.17, 15) is 18.0 Å². The molecule has 0 aliphatic rings. The number of hydrogen-bond acceptors (Lipinski definition) is 2. The number of alkyl halides is 3. The molecule has 6 heteroatoms. The first-order chi connectivity index (χ1) is 9.59. The van der Waals surface area contributed by atoms with Crippen LogP contribution in [0.5, 0.6) is 0 Å². The van der Waals surface area contributed by atoms with Crippen LogP contribution < -0.4 is 10.6 Å². The predicted molar refractivity (Wildman–Crippen MR) is 75.8 cm³/mol. The van der Waals surface area contributed by atoms with Crippen molar-refractivity contribution in [3.8, 4) is 0 Å². The molecule has 0 saturated heterocycles. The number of halogens is 3. The Hall–Kier alpha value is -1.56. The fraction of sp³-hybridized carbons (Fsp3) is 0.533. The molecular weight excluding hydrogens is 281 g/mol. The van der Waals surface area contributed by atoms with Gasteiger partial charge in [0.1, 0.15) is 6.42 Å². The fourth-order valence-electron chi connectivity index (χ4n) is 2.03. The third-order valence-corrected chi connectivity index (χ3v) is 3.00. The van der Waals surface area contributed by atoms with Crippen molar-refractivity contribution in [1.29, 1.82) is 0 Å². The largest absolute Gasteiger partial charge is 0.397 e. The van der Waals surface area contributed by atoms with Crippen LogP contribution in [0.15, 0.2) is 30.3 Å². The highest BCUT2D eigenvalue weighted by atomic mass is 19.4. The highest BCUT2D eigenvalue weighted by molar-refractivity contribution is 5.76. The molecule has 0 radical (unpaired) electrons. The van der Waals surface area contributed by atoms with Gasteiger partial charge in [0, 0.05) is 18.1 Å². The summed E-state index contributed by atoms with van der Waals surface area (Å²) in [5.74, 6) is -1.01. The van der Waals surface area contributed by atoms with Crippen LogP contribution in [0.3, 0.4) is 0 Å². The monoisotopic (exact) mass is 302 g/mol. The van der Waals surface area contributed by atoms with Crippen molar-refractivity contribution in [1.82, 2.24) is 10.6 Å². The molecule has 0 unspecified atom stereocenters. The Balaban J connectivity index is 2.48. The molecule has 1 rings (SSSR count). The molecule has 2 N–H and O–H groups in total. The lowest BCUT2D eigenvalue weighted by molar-refractivity contribution is -0.153. The summed E-state index contributed by atoms with van der Waals surface area (Å²) in [5.41, 5.74) is 0.559. The second-order valence-electron chi connectivity index (χ2n) is 5.73. The summed E-state index contributed by atoms with van der Waals surface area (Å²) in [6, 6.07) is 9.72. The molecule has 0 heterocycles. The minimum atomic E-state index is -4.47. The highest BCUT2D eigenvalue weighted by Gasteiger charge is 2.32. The van der Waals surface area contributed by atoms with E-state index in [-0.39, 0.29) is 12.6 Å². The Morgan fingerprint density at radius 3 is 2.29 bits per heavy atom. The average Bonchev–Trinajstić information content (AvgIpc) is 2.35. The molecule has 0 bridgehead atoms. The Morgan fingerprint density at radius 1 is 1.19 bits per heavy atom. The lowest BCUT2D eigenvalue weighted by Gasteiger charge is -2.31. The third kappa shape index (κ3) is 7.13. The molecule has 1 atom stereocenters. The van der Waals surface area contributed by atoms with Crippen molar-refractivity contribution in [3.05, 3.63) is 35.9 Å². The summed E-state index contributed by atoms with van der Waals surface area (Å²) in [7, 11) is 0. The minimum absolute atomic E-state index is 0.0284. The number of benzene rings is 1. The summed E-state index contributed by atoms with van der Waals surface area (Å²) in [5, 5.41) is 5.61. The number of nitrogens with one attached hydrogen (secondary N) is 2. The maximum Gasteiger partial charge on any atom is 0.397 e. The van der Waals surface area contributed by atoms with Gasteiger partial charge in [0.05, 0.1) is 0 Å². The summed E-state index contributed by atoms with van der Waals surface area (Å²) in [4.78, 5) is 11.2. The lowest BCUT2D eigenvalue weighted by Crippen LogP contribution is -2.50. The van der Waals surface area contributed by atoms with E-state index in [4.69, 9.17) is 0 Å². The number of amides is 1. The molecule has 0 aliphatic heterocycles. The normalized spacial score (nSPS) is 13.8. The molecule has 3 nitrogen and oxygen atoms in total. The number of carbonyl (C=O) groups is 1. The second-order valence-corrected chi connectivity index (χ2v) is 5.73. The van der Waals surface area contributed by atoms with E-state index in [1.54, 1.807) is 0 Å². The van der Waals surface area contributed by atoms with Gasteiger partial charge in [-0.2, -0.15) is 13.2 Å². The first-order valence-electron chi connectivity index (χ1n) is 6.75. The van der Waals surface area contributed by atoms with Gasteiger partial charge < -0.3 is 10.6 Å². The van der Waals surface area contributed by atoms with Crippen LogP contribution in [0.25, 0.3) is 0 Å². The second kappa shape index (κ2) is 6.93. The Bertz CT molecular complexity index is 458. The molecule has 0 spiro atoms. The van der Waals surface area contributed by atoms with Crippen molar-refractivity contribution < 1.29 is 18.0 Å². The zero-order valence-corrected chi connectivity index (χ0v) is 12.4. The quantitative estimate of drug-likeness (QED) is 0.847. The van der Waals surface area contributed by atoms with Crippen LogP contribution >= 0.6 is 0 Å². The molecule has 21 heavy (non-hydrogen) atoms. The standard InChI is InChI=1S/C15H21F3N2O/c1-11(12-7-5-4-6-8-12)20-14(2,3)10-19-13(21)9-15(16,17)18/h4-8,11,20H,9-10H2,1-3H3,(H,19,21)/t11-/m1/s1. The van der Waals surface area contributed by atoms with Gasteiger partial charge in [-0.25, -0.2) is 0 Å². The van der Waals surface area contributed by atoms with Crippen molar-refractivity contribution >= 4 is 5.91 Å². The van der Waals surface area contributed by atoms with Crippen molar-refractivity contribution in [2.75, 3.05) is 6.54 Å². The van der Waals surface area contributed by atoms with Gasteiger partial charge in [-0.15, -0.1) is 0 Å². The third-order valence-electron chi connectivity index (χ3n) is 3.00. The average molecular weight is 302 g/mol. The van der Waals surface area contributed by atoms with Gasteiger partial charge in [-0.3, -0.25) is 4.79 Å². The number of carbonyl (C=O) groups excluding carboxylic acids is 1. The Labute approximate surface area is 122 Å². The molecule has 0 aromatic heterocycles. The van der Waals surface area contributed by atoms with Crippen LogP contribution in [0.4, 0.5) is 13.2 Å². The van der Waals surface area contributed by atoms with Gasteiger partial charge >= 0.3 is 6.18 Å². The van der Waals surface area contributed by atoms with Crippen LogP contribution in [0.1, 0.15) is 38.8 Å². The molecule has 0 aliphatic carbocycles. The van der Waals surface area contributed by atoms with E-state index < -0.39 is 24.0 Å². The predicted octanol–water partition coefficient (Wildman–Crippen LogP) is 3.18. The molecular formula is C15H21F3N2O. The van der Waals surface area contributed by atoms with E-state index >= 15 is 0 Å². The van der Waals surface area contributed by atoms with Crippen LogP contribution in [0.2, 0.25) is 0 Å². The Kier molecular flexibility index (Phi) is 5.78. The van der Waals surface area contributed by atoms with Crippen LogP contribution in [0, 0.1) is 0 Å². The summed E-state index contributed by atoms with van der Waals surface area (Å²) in [6.07, 6.45) is -5.92. The summed E-state index contributed by atoms with van der Waals surface area (Å²) in [6.45, 7) is 5.76. The number of rotatable bonds is 6. The maximum atomic E-state index is 12.1. The molecule has 1 amide bonds. The minimum Gasteiger partial charge on any atom is -0.354 e. The van der Waals surface area contributed by atoms with Crippen LogP contribution in [-0.4, -0.2) is 24.2 Å². The maximum absolute atomic E-state index is 12.1. The molecule has 1 aromatic rings. The van der Waals surface area contributed by atoms with Gasteiger partial charge in [-0.1, -0.05) is 30.3 Å². The Morgan fingerprint density at radius 2 is 1.76 bits per heavy atom. The van der Waals surface area contributed by atoms with E-state index in [0.29, 0.717) is 0 Å². The van der Waals surface area contributed by atoms with Crippen LogP contribution in [-0.2, 0) is 4.79 Å². The summed E-state index contributed by atoms with van der Waals surface area (Å²) < 4.78 is 36.2. The summed E-state index contributed by atoms with van der Waals surface area (Å²) >= 11 is 0. The van der Waals surface area contributed by atoms with Crippen molar-refractivity contribution in [3.63, 3.8) is 0 Å². The van der Waals surface area contributed by atoms with E-state index in [1.165, 1.54) is 0 Å². The zero-order valence-electron chi connectivity index (χ0n) is 12.4. The molecule has 118 valence electrons. The first-order valence-corrected chi connectivity index (χ1v) is 6.75. The fourth-order valence-corrected chi connectivity index (χ4v) is 2.03. The molecule has 0 fully saturated rings. The van der Waals surface area contributed by atoms with Crippen molar-refractivity contribution in [2.45, 2.75) is 44.9 Å². The van der Waals surface area contributed by atoms with Gasteiger partial charge in [0.2, 0.25) is 5.91 Å².